The van der Waals surface area contributed by atoms with Crippen LogP contribution in [-0.2, 0) is 23.1 Å². The molecule has 7 nitrogen and oxygen atoms in total. The molecular weight excluding hydrogens is 451 g/mol. The third kappa shape index (κ3) is 19.4. The van der Waals surface area contributed by atoms with Crippen molar-refractivity contribution in [3.8, 4) is 0 Å². The highest BCUT2D eigenvalue weighted by molar-refractivity contribution is 8.00. The molecule has 0 saturated heterocycles. The molecule has 0 aromatic heterocycles. The van der Waals surface area contributed by atoms with Crippen LogP contribution in [0.1, 0.15) is 117 Å². The summed E-state index contributed by atoms with van der Waals surface area (Å²) in [6.45, 7) is 4.35. The molecule has 0 saturated carbocycles. The van der Waals surface area contributed by atoms with Crippen LogP contribution in [-0.4, -0.2) is 40.5 Å². The standard InChI is InChI=1S/C23H47O7PS/c1-3-5-6-7-8-9-10-11-12-13-14-15-16-17-19-28-31(27,30-26)29-20-18-21-32-22(4-2)23(24)25/h22,26H,3-21H2,1-2H3,(H,24,25). The number of carboxylic acid groups (broad SMARTS) is 1. The quantitative estimate of drug-likeness (QED) is 0.0563. The summed E-state index contributed by atoms with van der Waals surface area (Å²) < 4.78 is 26.3. The summed E-state index contributed by atoms with van der Waals surface area (Å²) in [5.41, 5.74) is 0. The largest absolute Gasteiger partial charge is 0.501 e. The van der Waals surface area contributed by atoms with E-state index in [1.54, 1.807) is 0 Å². The number of carboxylic acids is 1. The topological polar surface area (TPSA) is 102 Å². The number of hydrogen-bond acceptors (Lipinski definition) is 7. The Morgan fingerprint density at radius 1 is 0.781 bits per heavy atom. The van der Waals surface area contributed by atoms with Gasteiger partial charge in [0.15, 0.2) is 0 Å². The first-order valence-electron chi connectivity index (χ1n) is 12.6. The zero-order chi connectivity index (χ0) is 23.9. The van der Waals surface area contributed by atoms with Gasteiger partial charge in [0, 0.05) is 0 Å². The second-order valence-electron chi connectivity index (χ2n) is 8.25. The van der Waals surface area contributed by atoms with Gasteiger partial charge in [-0.2, -0.15) is 0 Å². The van der Waals surface area contributed by atoms with Gasteiger partial charge in [-0.3, -0.25) is 13.8 Å². The van der Waals surface area contributed by atoms with E-state index in [0.717, 1.165) is 19.3 Å². The van der Waals surface area contributed by atoms with Crippen molar-refractivity contribution in [2.75, 3.05) is 19.0 Å². The van der Waals surface area contributed by atoms with E-state index >= 15 is 0 Å². The zero-order valence-electron chi connectivity index (χ0n) is 20.3. The molecule has 0 amide bonds. The first-order chi connectivity index (χ1) is 15.5. The Bertz CT molecular complexity index is 479. The molecule has 0 aliphatic heterocycles. The molecule has 9 heteroatoms. The second kappa shape index (κ2) is 22.7. The van der Waals surface area contributed by atoms with Gasteiger partial charge in [0.05, 0.1) is 13.2 Å². The Kier molecular flexibility index (Phi) is 22.6. The number of unbranched alkanes of at least 4 members (excludes halogenated alkanes) is 13. The molecule has 0 heterocycles. The third-order valence-corrected chi connectivity index (χ3v) is 8.01. The summed E-state index contributed by atoms with van der Waals surface area (Å²) in [5.74, 6) is -0.283. The van der Waals surface area contributed by atoms with Crippen molar-refractivity contribution >= 4 is 25.6 Å². The van der Waals surface area contributed by atoms with Gasteiger partial charge < -0.3 is 5.11 Å². The van der Waals surface area contributed by atoms with E-state index in [1.807, 2.05) is 6.92 Å². The number of aliphatic carboxylic acids is 1. The highest BCUT2D eigenvalue weighted by Crippen LogP contribution is 2.48. The summed E-state index contributed by atoms with van der Waals surface area (Å²) >= 11 is 1.31. The smallest absolute Gasteiger partial charge is 0.480 e. The average molecular weight is 499 g/mol. The van der Waals surface area contributed by atoms with E-state index in [0.29, 0.717) is 18.6 Å². The fraction of sp³-hybridized carbons (Fsp3) is 0.957. The van der Waals surface area contributed by atoms with Crippen molar-refractivity contribution in [2.45, 2.75) is 122 Å². The van der Waals surface area contributed by atoms with Crippen LogP contribution < -0.4 is 0 Å². The van der Waals surface area contributed by atoms with Gasteiger partial charge in [-0.1, -0.05) is 97.3 Å². The number of phosphoric ester groups is 1. The van der Waals surface area contributed by atoms with E-state index in [9.17, 15) is 9.36 Å². The molecule has 0 aliphatic rings. The number of rotatable bonds is 25. The van der Waals surface area contributed by atoms with Gasteiger partial charge in [-0.05, 0) is 25.0 Å². The molecule has 0 rings (SSSR count). The Balaban J connectivity index is 3.55. The van der Waals surface area contributed by atoms with Crippen LogP contribution in [0.2, 0.25) is 0 Å². The van der Waals surface area contributed by atoms with Gasteiger partial charge in [-0.15, -0.1) is 16.4 Å². The van der Waals surface area contributed by atoms with E-state index in [1.165, 1.54) is 82.4 Å². The molecule has 0 radical (unpaired) electrons. The predicted molar refractivity (Wildman–Crippen MR) is 132 cm³/mol. The lowest BCUT2D eigenvalue weighted by Crippen LogP contribution is -2.15. The Morgan fingerprint density at radius 3 is 1.62 bits per heavy atom. The maximum atomic E-state index is 12.2. The molecule has 32 heavy (non-hydrogen) atoms. The molecule has 0 aromatic carbocycles. The first kappa shape index (κ1) is 31.9. The van der Waals surface area contributed by atoms with Crippen molar-refractivity contribution in [3.63, 3.8) is 0 Å². The number of carbonyl (C=O) groups is 1. The summed E-state index contributed by atoms with van der Waals surface area (Å²) in [7, 11) is -3.95. The fourth-order valence-corrected chi connectivity index (χ4v) is 5.20. The Labute approximate surface area is 199 Å². The Hall–Kier alpha value is -0.110. The van der Waals surface area contributed by atoms with E-state index in [4.69, 9.17) is 19.4 Å². The normalized spacial score (nSPS) is 14.3. The second-order valence-corrected chi connectivity index (χ2v) is 11.1. The molecule has 0 spiro atoms. The van der Waals surface area contributed by atoms with Crippen molar-refractivity contribution in [3.05, 3.63) is 0 Å². The van der Waals surface area contributed by atoms with E-state index < -0.39 is 19.0 Å². The lowest BCUT2D eigenvalue weighted by atomic mass is 10.0. The molecule has 0 bridgehead atoms. The number of thioether (sulfide) groups is 1. The fourth-order valence-electron chi connectivity index (χ4n) is 3.38. The van der Waals surface area contributed by atoms with Gasteiger partial charge in [0.25, 0.3) is 0 Å². The minimum absolute atomic E-state index is 0.0691. The van der Waals surface area contributed by atoms with Crippen molar-refractivity contribution in [1.82, 2.24) is 0 Å². The molecule has 0 aromatic rings. The van der Waals surface area contributed by atoms with Gasteiger partial charge in [-0.25, -0.2) is 9.82 Å². The lowest BCUT2D eigenvalue weighted by molar-refractivity contribution is -0.166. The monoisotopic (exact) mass is 498 g/mol. The van der Waals surface area contributed by atoms with E-state index in [2.05, 4.69) is 11.6 Å². The van der Waals surface area contributed by atoms with E-state index in [-0.39, 0.29) is 13.2 Å². The minimum atomic E-state index is -3.95. The maximum Gasteiger partial charge on any atom is 0.501 e. The van der Waals surface area contributed by atoms with Crippen molar-refractivity contribution in [2.24, 2.45) is 0 Å². The molecule has 2 unspecified atom stereocenters. The predicted octanol–water partition coefficient (Wildman–Crippen LogP) is 8.09. The SMILES string of the molecule is CCCCCCCCCCCCCCCCOP(=O)(OO)OCCCSC(CC)C(=O)O. The highest BCUT2D eigenvalue weighted by atomic mass is 32.2. The van der Waals surface area contributed by atoms with Gasteiger partial charge in [0.2, 0.25) is 0 Å². The summed E-state index contributed by atoms with van der Waals surface area (Å²) in [4.78, 5) is 11.0. The van der Waals surface area contributed by atoms with Gasteiger partial charge >= 0.3 is 13.8 Å². The maximum absolute atomic E-state index is 12.2. The van der Waals surface area contributed by atoms with Crippen LogP contribution >= 0.6 is 19.6 Å². The van der Waals surface area contributed by atoms with Crippen LogP contribution in [0.25, 0.3) is 0 Å². The molecular formula is C23H47O7PS. The summed E-state index contributed by atoms with van der Waals surface area (Å²) in [5, 5.41) is 17.4. The Morgan fingerprint density at radius 2 is 1.22 bits per heavy atom. The minimum Gasteiger partial charge on any atom is -0.480 e. The average Bonchev–Trinajstić information content (AvgIpc) is 2.78. The molecule has 2 N–H and O–H groups in total. The van der Waals surface area contributed by atoms with Crippen LogP contribution in [0, 0.1) is 0 Å². The van der Waals surface area contributed by atoms with Crippen LogP contribution in [0.5, 0.6) is 0 Å². The molecule has 2 atom stereocenters. The van der Waals surface area contributed by atoms with Crippen LogP contribution in [0.3, 0.4) is 0 Å². The van der Waals surface area contributed by atoms with Crippen molar-refractivity contribution in [1.29, 1.82) is 0 Å². The summed E-state index contributed by atoms with van der Waals surface area (Å²) in [6.07, 6.45) is 18.5. The molecule has 192 valence electrons. The lowest BCUT2D eigenvalue weighted by Gasteiger charge is -2.14. The van der Waals surface area contributed by atoms with Crippen LogP contribution in [0.15, 0.2) is 0 Å². The third-order valence-electron chi connectivity index (χ3n) is 5.35. The summed E-state index contributed by atoms with van der Waals surface area (Å²) in [6, 6.07) is 0. The zero-order valence-corrected chi connectivity index (χ0v) is 22.0. The number of phosphoric acid groups is 1. The van der Waals surface area contributed by atoms with Crippen molar-refractivity contribution < 1.29 is 33.4 Å². The molecule has 0 fully saturated rings. The number of hydrogen-bond donors (Lipinski definition) is 2. The van der Waals surface area contributed by atoms with Crippen LogP contribution in [0.4, 0.5) is 0 Å². The molecule has 0 aliphatic carbocycles. The van der Waals surface area contributed by atoms with Gasteiger partial charge in [0.1, 0.15) is 5.25 Å². The highest BCUT2D eigenvalue weighted by Gasteiger charge is 2.26. The first-order valence-corrected chi connectivity index (χ1v) is 15.1.